The molecule has 0 unspecified atom stereocenters. The number of nitrogens with zero attached hydrogens (tertiary/aromatic N) is 3. The highest BCUT2D eigenvalue weighted by Gasteiger charge is 2.41. The second-order valence-electron chi connectivity index (χ2n) is 5.02. The Kier molecular flexibility index (Phi) is 4.59. The number of piperidine rings is 1. The van der Waals surface area contributed by atoms with Crippen molar-refractivity contribution >= 4 is 10.0 Å². The molecular formula is C11H17F3N4O2S. The third-order valence-electron chi connectivity index (χ3n) is 3.31. The zero-order valence-electron chi connectivity index (χ0n) is 11.5. The van der Waals surface area contributed by atoms with E-state index in [1.807, 2.05) is 0 Å². The summed E-state index contributed by atoms with van der Waals surface area (Å²) in [5, 5.41) is 2.65. The van der Waals surface area contributed by atoms with Gasteiger partial charge in [0.25, 0.3) is 10.0 Å². The van der Waals surface area contributed by atoms with Gasteiger partial charge in [0.2, 0.25) is 0 Å². The van der Waals surface area contributed by atoms with Crippen LogP contribution in [0.15, 0.2) is 17.6 Å². The van der Waals surface area contributed by atoms with Crippen molar-refractivity contribution in [3.05, 3.63) is 12.5 Å². The van der Waals surface area contributed by atoms with E-state index in [-0.39, 0.29) is 5.03 Å². The summed E-state index contributed by atoms with van der Waals surface area (Å²) < 4.78 is 65.1. The van der Waals surface area contributed by atoms with Gasteiger partial charge in [0.1, 0.15) is 6.54 Å². The Labute approximate surface area is 121 Å². The van der Waals surface area contributed by atoms with Crippen LogP contribution in [0.1, 0.15) is 12.8 Å². The number of hydrogen-bond donors (Lipinski definition) is 1. The van der Waals surface area contributed by atoms with E-state index in [0.29, 0.717) is 30.2 Å². The lowest BCUT2D eigenvalue weighted by atomic mass is 10.1. The fourth-order valence-electron chi connectivity index (χ4n) is 2.32. The third kappa shape index (κ3) is 3.95. The van der Waals surface area contributed by atoms with Gasteiger partial charge in [-0.25, -0.2) is 13.4 Å². The highest BCUT2D eigenvalue weighted by molar-refractivity contribution is 7.89. The number of rotatable bonds is 4. The van der Waals surface area contributed by atoms with Crippen molar-refractivity contribution in [1.29, 1.82) is 0 Å². The maximum Gasteiger partial charge on any atom is 0.402 e. The molecule has 1 aliphatic rings. The number of aryl methyl sites for hydroxylation is 1. The minimum Gasteiger partial charge on any atom is -0.339 e. The van der Waals surface area contributed by atoms with E-state index in [1.165, 1.54) is 17.1 Å². The van der Waals surface area contributed by atoms with Gasteiger partial charge < -0.3 is 9.88 Å². The minimum absolute atomic E-state index is 0.349. The fourth-order valence-corrected chi connectivity index (χ4v) is 3.96. The molecule has 2 heterocycles. The summed E-state index contributed by atoms with van der Waals surface area (Å²) in [5.41, 5.74) is 0. The lowest BCUT2D eigenvalue weighted by molar-refractivity contribution is -0.140. The molecule has 1 fully saturated rings. The van der Waals surface area contributed by atoms with Crippen molar-refractivity contribution in [3.63, 3.8) is 0 Å². The van der Waals surface area contributed by atoms with Gasteiger partial charge in [0.15, 0.2) is 5.03 Å². The first-order chi connectivity index (χ1) is 9.70. The molecule has 1 aliphatic heterocycles. The van der Waals surface area contributed by atoms with Crippen molar-refractivity contribution < 1.29 is 21.6 Å². The summed E-state index contributed by atoms with van der Waals surface area (Å²) in [6, 6.07) is -0.667. The number of halogens is 3. The number of aromatic nitrogens is 2. The van der Waals surface area contributed by atoms with Gasteiger partial charge in [-0.3, -0.25) is 0 Å². The van der Waals surface area contributed by atoms with E-state index >= 15 is 0 Å². The third-order valence-corrected chi connectivity index (χ3v) is 5.09. The summed E-state index contributed by atoms with van der Waals surface area (Å²) in [4.78, 5) is 3.68. The first-order valence-electron chi connectivity index (χ1n) is 6.47. The molecular weight excluding hydrogens is 309 g/mol. The number of hydrogen-bond acceptors (Lipinski definition) is 4. The zero-order valence-corrected chi connectivity index (χ0v) is 12.3. The molecule has 1 N–H and O–H groups in total. The van der Waals surface area contributed by atoms with E-state index in [1.54, 1.807) is 7.05 Å². The van der Waals surface area contributed by atoms with Crippen molar-refractivity contribution in [1.82, 2.24) is 19.2 Å². The Bertz CT molecular complexity index is 579. The minimum atomic E-state index is -4.59. The second-order valence-corrected chi connectivity index (χ2v) is 6.86. The first kappa shape index (κ1) is 16.2. The molecule has 21 heavy (non-hydrogen) atoms. The summed E-state index contributed by atoms with van der Waals surface area (Å²) >= 11 is 0. The van der Waals surface area contributed by atoms with E-state index in [2.05, 4.69) is 10.3 Å². The number of imidazole rings is 1. The molecule has 0 amide bonds. The quantitative estimate of drug-likeness (QED) is 0.886. The van der Waals surface area contributed by atoms with Crippen molar-refractivity contribution in [2.45, 2.75) is 30.1 Å². The van der Waals surface area contributed by atoms with Crippen LogP contribution >= 0.6 is 0 Å². The van der Waals surface area contributed by atoms with Crippen LogP contribution in [0.4, 0.5) is 13.2 Å². The highest BCUT2D eigenvalue weighted by Crippen LogP contribution is 2.26. The molecule has 0 atom stereocenters. The standard InChI is InChI=1S/C11H17F3N4O2S/c1-17-6-10(16-8-17)21(19,20)18(7-11(12,13)14)9-2-4-15-5-3-9/h6,8-9,15H,2-5,7H2,1H3. The second kappa shape index (κ2) is 5.93. The fraction of sp³-hybridized carbons (Fsp3) is 0.727. The Hall–Kier alpha value is -1.13. The summed E-state index contributed by atoms with van der Waals surface area (Å²) in [7, 11) is -2.70. The van der Waals surface area contributed by atoms with Gasteiger partial charge in [-0.2, -0.15) is 17.5 Å². The number of nitrogens with one attached hydrogen (secondary N) is 1. The molecule has 120 valence electrons. The van der Waals surface area contributed by atoms with Crippen molar-refractivity contribution in [2.75, 3.05) is 19.6 Å². The smallest absolute Gasteiger partial charge is 0.339 e. The lowest BCUT2D eigenvalue weighted by Crippen LogP contribution is -2.49. The number of alkyl halides is 3. The van der Waals surface area contributed by atoms with Gasteiger partial charge in [0, 0.05) is 19.3 Å². The topological polar surface area (TPSA) is 67.2 Å². The largest absolute Gasteiger partial charge is 0.402 e. The Balaban J connectivity index is 2.33. The Morgan fingerprint density at radius 2 is 2.05 bits per heavy atom. The van der Waals surface area contributed by atoms with Gasteiger partial charge >= 0.3 is 6.18 Å². The summed E-state index contributed by atoms with van der Waals surface area (Å²) in [6.07, 6.45) is -1.43. The molecule has 0 aliphatic carbocycles. The van der Waals surface area contributed by atoms with E-state index in [4.69, 9.17) is 0 Å². The van der Waals surface area contributed by atoms with E-state index in [9.17, 15) is 21.6 Å². The molecule has 10 heteroatoms. The monoisotopic (exact) mass is 326 g/mol. The molecule has 1 saturated heterocycles. The van der Waals surface area contributed by atoms with Crippen molar-refractivity contribution in [3.8, 4) is 0 Å². The number of sulfonamides is 1. The maximum atomic E-state index is 12.8. The van der Waals surface area contributed by atoms with Crippen LogP contribution in [0.25, 0.3) is 0 Å². The average molecular weight is 326 g/mol. The van der Waals surface area contributed by atoms with Gasteiger partial charge in [0.05, 0.1) is 6.33 Å². The van der Waals surface area contributed by atoms with E-state index < -0.39 is 28.8 Å². The average Bonchev–Trinajstić information content (AvgIpc) is 2.83. The van der Waals surface area contributed by atoms with E-state index in [0.717, 1.165) is 0 Å². The molecule has 2 rings (SSSR count). The van der Waals surface area contributed by atoms with Crippen LogP contribution < -0.4 is 5.32 Å². The van der Waals surface area contributed by atoms with Crippen LogP contribution in [-0.4, -0.2) is 54.1 Å². The van der Waals surface area contributed by atoms with Crippen LogP contribution in [0.3, 0.4) is 0 Å². The van der Waals surface area contributed by atoms with Crippen LogP contribution in [0.5, 0.6) is 0 Å². The zero-order chi connectivity index (χ0) is 15.7. The predicted molar refractivity (Wildman–Crippen MR) is 69.0 cm³/mol. The van der Waals surface area contributed by atoms with Crippen LogP contribution in [0.2, 0.25) is 0 Å². The first-order valence-corrected chi connectivity index (χ1v) is 7.91. The predicted octanol–water partition coefficient (Wildman–Crippen LogP) is 0.725. The van der Waals surface area contributed by atoms with Gasteiger partial charge in [-0.15, -0.1) is 0 Å². The van der Waals surface area contributed by atoms with Crippen molar-refractivity contribution in [2.24, 2.45) is 7.05 Å². The lowest BCUT2D eigenvalue weighted by Gasteiger charge is -2.33. The summed E-state index contributed by atoms with van der Waals surface area (Å²) in [5.74, 6) is 0. The Morgan fingerprint density at radius 3 is 2.52 bits per heavy atom. The highest BCUT2D eigenvalue weighted by atomic mass is 32.2. The summed E-state index contributed by atoms with van der Waals surface area (Å²) in [6.45, 7) is -0.496. The van der Waals surface area contributed by atoms with Crippen LogP contribution in [-0.2, 0) is 17.1 Å². The molecule has 0 saturated carbocycles. The van der Waals surface area contributed by atoms with Crippen LogP contribution in [0, 0.1) is 0 Å². The normalized spacial score (nSPS) is 18.3. The molecule has 1 aromatic heterocycles. The molecule has 0 bridgehead atoms. The molecule has 0 radical (unpaired) electrons. The maximum absolute atomic E-state index is 12.8. The molecule has 1 aromatic rings. The SMILES string of the molecule is Cn1cnc(S(=O)(=O)N(CC(F)(F)F)C2CCNCC2)c1. The van der Waals surface area contributed by atoms with Gasteiger partial charge in [-0.05, 0) is 25.9 Å². The molecule has 0 aromatic carbocycles. The molecule has 6 nitrogen and oxygen atoms in total. The molecule has 0 spiro atoms. The Morgan fingerprint density at radius 1 is 1.43 bits per heavy atom. The van der Waals surface area contributed by atoms with Gasteiger partial charge in [-0.1, -0.05) is 0 Å².